The number of carboxylic acids is 1. The second-order valence-corrected chi connectivity index (χ2v) is 4.56. The van der Waals surface area contributed by atoms with Gasteiger partial charge in [0.15, 0.2) is 18.4 Å². The lowest BCUT2D eigenvalue weighted by Crippen LogP contribution is -2.40. The topological polar surface area (TPSA) is 41.2 Å². The Bertz CT molecular complexity index is 552. The summed E-state index contributed by atoms with van der Waals surface area (Å²) in [6.45, 7) is 2.14. The molecule has 1 heterocycles. The van der Waals surface area contributed by atoms with Crippen LogP contribution >= 0.6 is 0 Å². The van der Waals surface area contributed by atoms with Crippen molar-refractivity contribution < 1.29 is 14.5 Å². The Labute approximate surface area is 113 Å². The number of pyridine rings is 1. The van der Waals surface area contributed by atoms with Gasteiger partial charge in [-0.2, -0.15) is 4.57 Å². The van der Waals surface area contributed by atoms with E-state index in [1.165, 1.54) is 5.56 Å². The van der Waals surface area contributed by atoms with Gasteiger partial charge in [-0.1, -0.05) is 37.3 Å². The molecular formula is C16H18NO2+. The standard InChI is InChI=1S/C16H17NO2/c1-2-7-15(13-8-4-3-5-9-13)17-11-6-10-14(12-17)16(18)19/h3-6,8-12,15H,2,7H2,1H3/p+1. The lowest BCUT2D eigenvalue weighted by atomic mass is 10.0. The van der Waals surface area contributed by atoms with Crippen LogP contribution in [0.25, 0.3) is 0 Å². The van der Waals surface area contributed by atoms with E-state index in [9.17, 15) is 4.79 Å². The Morgan fingerprint density at radius 2 is 1.95 bits per heavy atom. The van der Waals surface area contributed by atoms with Gasteiger partial charge in [0.25, 0.3) is 0 Å². The minimum Gasteiger partial charge on any atom is -0.477 e. The molecule has 2 rings (SSSR count). The van der Waals surface area contributed by atoms with E-state index in [-0.39, 0.29) is 6.04 Å². The van der Waals surface area contributed by atoms with Crippen molar-refractivity contribution in [1.82, 2.24) is 0 Å². The Hall–Kier alpha value is -2.16. The summed E-state index contributed by atoms with van der Waals surface area (Å²) in [7, 11) is 0. The molecule has 0 aliphatic carbocycles. The van der Waals surface area contributed by atoms with E-state index >= 15 is 0 Å². The summed E-state index contributed by atoms with van der Waals surface area (Å²) >= 11 is 0. The maximum Gasteiger partial charge on any atom is 0.341 e. The molecule has 0 aliphatic rings. The summed E-state index contributed by atoms with van der Waals surface area (Å²) in [5.74, 6) is -0.891. The number of carbonyl (C=O) groups is 1. The van der Waals surface area contributed by atoms with Gasteiger partial charge in [-0.3, -0.25) is 0 Å². The lowest BCUT2D eigenvalue weighted by Gasteiger charge is -2.12. The van der Waals surface area contributed by atoms with E-state index in [1.807, 2.05) is 29.0 Å². The minimum atomic E-state index is -0.891. The Kier molecular flexibility index (Phi) is 4.29. The molecule has 3 heteroatoms. The van der Waals surface area contributed by atoms with Crippen molar-refractivity contribution in [3.8, 4) is 0 Å². The van der Waals surface area contributed by atoms with Crippen LogP contribution in [0.2, 0.25) is 0 Å². The average molecular weight is 256 g/mol. The van der Waals surface area contributed by atoms with Gasteiger partial charge in [0.1, 0.15) is 5.56 Å². The molecule has 0 bridgehead atoms. The third-order valence-electron chi connectivity index (χ3n) is 3.18. The van der Waals surface area contributed by atoms with Crippen LogP contribution < -0.4 is 4.57 Å². The van der Waals surface area contributed by atoms with Crippen LogP contribution in [0.1, 0.15) is 41.7 Å². The first-order chi connectivity index (χ1) is 9.22. The first-order valence-electron chi connectivity index (χ1n) is 6.51. The van der Waals surface area contributed by atoms with Crippen LogP contribution in [0.5, 0.6) is 0 Å². The van der Waals surface area contributed by atoms with Crippen molar-refractivity contribution in [1.29, 1.82) is 0 Å². The molecule has 0 fully saturated rings. The average Bonchev–Trinajstić information content (AvgIpc) is 2.46. The highest BCUT2D eigenvalue weighted by atomic mass is 16.4. The zero-order valence-electron chi connectivity index (χ0n) is 11.0. The third kappa shape index (κ3) is 3.19. The van der Waals surface area contributed by atoms with Gasteiger partial charge < -0.3 is 5.11 Å². The molecule has 1 N–H and O–H groups in total. The highest BCUT2D eigenvalue weighted by Gasteiger charge is 2.21. The monoisotopic (exact) mass is 256 g/mol. The number of aromatic carboxylic acids is 1. The van der Waals surface area contributed by atoms with Gasteiger partial charge in [-0.05, 0) is 12.5 Å². The summed E-state index contributed by atoms with van der Waals surface area (Å²) < 4.78 is 1.99. The Morgan fingerprint density at radius 1 is 1.21 bits per heavy atom. The van der Waals surface area contributed by atoms with Crippen molar-refractivity contribution in [2.45, 2.75) is 25.8 Å². The van der Waals surface area contributed by atoms with Crippen molar-refractivity contribution in [2.24, 2.45) is 0 Å². The first-order valence-corrected chi connectivity index (χ1v) is 6.51. The van der Waals surface area contributed by atoms with E-state index in [0.29, 0.717) is 5.56 Å². The number of nitrogens with zero attached hydrogens (tertiary/aromatic N) is 1. The van der Waals surface area contributed by atoms with Crippen LogP contribution in [0.4, 0.5) is 0 Å². The van der Waals surface area contributed by atoms with Gasteiger partial charge in [0, 0.05) is 18.1 Å². The van der Waals surface area contributed by atoms with Crippen LogP contribution in [0.15, 0.2) is 54.9 Å². The molecule has 0 saturated carbocycles. The normalized spacial score (nSPS) is 12.1. The molecule has 1 aromatic heterocycles. The van der Waals surface area contributed by atoms with Gasteiger partial charge in [0.05, 0.1) is 0 Å². The minimum absolute atomic E-state index is 0.186. The number of aromatic nitrogens is 1. The van der Waals surface area contributed by atoms with Crippen LogP contribution in [-0.4, -0.2) is 11.1 Å². The summed E-state index contributed by atoms with van der Waals surface area (Å²) in [6.07, 6.45) is 5.66. The van der Waals surface area contributed by atoms with E-state index in [4.69, 9.17) is 5.11 Å². The van der Waals surface area contributed by atoms with Crippen LogP contribution in [-0.2, 0) is 0 Å². The second kappa shape index (κ2) is 6.14. The number of hydrogen-bond acceptors (Lipinski definition) is 1. The van der Waals surface area contributed by atoms with Crippen molar-refractivity contribution in [3.63, 3.8) is 0 Å². The molecule has 0 aliphatic heterocycles. The SMILES string of the molecule is CCCC(c1ccccc1)[n+]1cccc(C(=O)O)c1. The molecule has 0 amide bonds. The molecule has 0 spiro atoms. The molecule has 1 aromatic carbocycles. The fourth-order valence-electron chi connectivity index (χ4n) is 2.25. The molecule has 1 atom stereocenters. The summed E-state index contributed by atoms with van der Waals surface area (Å²) in [5, 5.41) is 9.08. The highest BCUT2D eigenvalue weighted by Crippen LogP contribution is 2.17. The molecule has 98 valence electrons. The van der Waals surface area contributed by atoms with Gasteiger partial charge in [-0.25, -0.2) is 4.79 Å². The van der Waals surface area contributed by atoms with E-state index < -0.39 is 5.97 Å². The molecule has 2 aromatic rings. The second-order valence-electron chi connectivity index (χ2n) is 4.56. The summed E-state index contributed by atoms with van der Waals surface area (Å²) in [5.41, 5.74) is 1.52. The zero-order valence-corrected chi connectivity index (χ0v) is 11.0. The summed E-state index contributed by atoms with van der Waals surface area (Å²) in [6, 6.07) is 13.8. The van der Waals surface area contributed by atoms with Crippen molar-refractivity contribution in [2.75, 3.05) is 0 Å². The smallest absolute Gasteiger partial charge is 0.341 e. The molecule has 0 saturated heterocycles. The number of carboxylic acid groups (broad SMARTS) is 1. The van der Waals surface area contributed by atoms with Crippen molar-refractivity contribution >= 4 is 5.97 Å². The summed E-state index contributed by atoms with van der Waals surface area (Å²) in [4.78, 5) is 11.1. The lowest BCUT2D eigenvalue weighted by molar-refractivity contribution is -0.714. The van der Waals surface area contributed by atoms with E-state index in [1.54, 1.807) is 18.3 Å². The van der Waals surface area contributed by atoms with Gasteiger partial charge >= 0.3 is 5.97 Å². The molecule has 0 radical (unpaired) electrons. The predicted octanol–water partition coefficient (Wildman–Crippen LogP) is 3.06. The number of hydrogen-bond donors (Lipinski definition) is 1. The Morgan fingerprint density at radius 3 is 2.58 bits per heavy atom. The molecular weight excluding hydrogens is 238 g/mol. The third-order valence-corrected chi connectivity index (χ3v) is 3.18. The highest BCUT2D eigenvalue weighted by molar-refractivity contribution is 5.86. The maximum atomic E-state index is 11.1. The van der Waals surface area contributed by atoms with Gasteiger partial charge in [0.2, 0.25) is 0 Å². The predicted molar refractivity (Wildman–Crippen MR) is 73.1 cm³/mol. The largest absolute Gasteiger partial charge is 0.477 e. The van der Waals surface area contributed by atoms with E-state index in [0.717, 1.165) is 12.8 Å². The fraction of sp³-hybridized carbons (Fsp3) is 0.250. The van der Waals surface area contributed by atoms with Crippen LogP contribution in [0.3, 0.4) is 0 Å². The quantitative estimate of drug-likeness (QED) is 0.835. The first kappa shape index (κ1) is 13.3. The molecule has 19 heavy (non-hydrogen) atoms. The maximum absolute atomic E-state index is 11.1. The van der Waals surface area contributed by atoms with E-state index in [2.05, 4.69) is 19.1 Å². The van der Waals surface area contributed by atoms with Gasteiger partial charge in [-0.15, -0.1) is 0 Å². The number of rotatable bonds is 5. The van der Waals surface area contributed by atoms with Crippen molar-refractivity contribution in [3.05, 3.63) is 66.0 Å². The number of benzene rings is 1. The van der Waals surface area contributed by atoms with Crippen LogP contribution in [0, 0.1) is 0 Å². The zero-order chi connectivity index (χ0) is 13.7. The fourth-order valence-corrected chi connectivity index (χ4v) is 2.25. The molecule has 1 unspecified atom stereocenters. The Balaban J connectivity index is 2.39. The molecule has 3 nitrogen and oxygen atoms in total.